The van der Waals surface area contributed by atoms with Crippen LogP contribution in [-0.4, -0.2) is 41.9 Å². The van der Waals surface area contributed by atoms with E-state index in [4.69, 9.17) is 4.74 Å². The second kappa shape index (κ2) is 8.99. The summed E-state index contributed by atoms with van der Waals surface area (Å²) in [7, 11) is 0. The van der Waals surface area contributed by atoms with Crippen LogP contribution in [0.1, 0.15) is 22.5 Å². The van der Waals surface area contributed by atoms with Gasteiger partial charge in [-0.25, -0.2) is 4.79 Å². The molecule has 1 aliphatic heterocycles. The molecule has 142 valence electrons. The average molecular weight is 516 g/mol. The van der Waals surface area contributed by atoms with Crippen molar-refractivity contribution in [2.45, 2.75) is 18.9 Å². The van der Waals surface area contributed by atoms with Crippen molar-refractivity contribution in [3.05, 3.63) is 49.5 Å². The van der Waals surface area contributed by atoms with Crippen LogP contribution in [0.2, 0.25) is 0 Å². The van der Waals surface area contributed by atoms with Gasteiger partial charge in [-0.2, -0.15) is 0 Å². The number of rotatable bonds is 5. The number of carbonyl (C=O) groups excluding carboxylic acids is 3. The molecule has 2 heterocycles. The Hall–Kier alpha value is -1.71. The molecular formula is C18H16Br2N2O4S. The van der Waals surface area contributed by atoms with Crippen LogP contribution in [0.5, 0.6) is 0 Å². The summed E-state index contributed by atoms with van der Waals surface area (Å²) in [6.07, 6.45) is 1.27. The van der Waals surface area contributed by atoms with Gasteiger partial charge in [0, 0.05) is 15.5 Å². The first-order valence-electron chi connectivity index (χ1n) is 8.21. The molecular weight excluding hydrogens is 500 g/mol. The Morgan fingerprint density at radius 1 is 1.26 bits per heavy atom. The monoisotopic (exact) mass is 514 g/mol. The molecule has 27 heavy (non-hydrogen) atoms. The van der Waals surface area contributed by atoms with Gasteiger partial charge in [0.1, 0.15) is 6.04 Å². The fraction of sp³-hybridized carbons (Fsp3) is 0.278. The fourth-order valence-electron chi connectivity index (χ4n) is 2.81. The van der Waals surface area contributed by atoms with E-state index in [9.17, 15) is 14.4 Å². The van der Waals surface area contributed by atoms with Crippen LogP contribution >= 0.6 is 43.2 Å². The van der Waals surface area contributed by atoms with Gasteiger partial charge in [0.05, 0.1) is 10.6 Å². The molecule has 1 saturated heterocycles. The van der Waals surface area contributed by atoms with E-state index in [-0.39, 0.29) is 5.91 Å². The second-order valence-electron chi connectivity index (χ2n) is 5.91. The van der Waals surface area contributed by atoms with E-state index in [0.29, 0.717) is 28.0 Å². The number of halogens is 2. The zero-order chi connectivity index (χ0) is 19.4. The number of carbonyl (C=O) groups is 3. The smallest absolute Gasteiger partial charge is 0.329 e. The minimum absolute atomic E-state index is 0.173. The van der Waals surface area contributed by atoms with Gasteiger partial charge in [-0.3, -0.25) is 9.59 Å². The van der Waals surface area contributed by atoms with Crippen LogP contribution < -0.4 is 5.32 Å². The number of anilines is 1. The number of esters is 1. The average Bonchev–Trinajstić information content (AvgIpc) is 3.33. The molecule has 0 aliphatic carbocycles. The number of amides is 2. The van der Waals surface area contributed by atoms with Gasteiger partial charge in [0.25, 0.3) is 11.8 Å². The minimum Gasteiger partial charge on any atom is -0.454 e. The third-order valence-electron chi connectivity index (χ3n) is 4.07. The maximum Gasteiger partial charge on any atom is 0.329 e. The van der Waals surface area contributed by atoms with Gasteiger partial charge < -0.3 is 15.0 Å². The normalized spacial score (nSPS) is 16.2. The first-order valence-corrected chi connectivity index (χ1v) is 10.7. The van der Waals surface area contributed by atoms with E-state index in [1.807, 2.05) is 5.38 Å². The third-order valence-corrected chi connectivity index (χ3v) is 6.08. The van der Waals surface area contributed by atoms with Gasteiger partial charge in [-0.1, -0.05) is 22.0 Å². The highest BCUT2D eigenvalue weighted by atomic mass is 79.9. The van der Waals surface area contributed by atoms with Crippen molar-refractivity contribution >= 4 is 66.7 Å². The summed E-state index contributed by atoms with van der Waals surface area (Å²) in [6, 6.07) is 8.20. The van der Waals surface area contributed by atoms with E-state index in [1.165, 1.54) is 16.2 Å². The molecule has 2 aromatic rings. The molecule has 1 aromatic carbocycles. The first-order chi connectivity index (χ1) is 13.0. The highest BCUT2D eigenvalue weighted by molar-refractivity contribution is 9.11. The summed E-state index contributed by atoms with van der Waals surface area (Å²) >= 11 is 8.03. The van der Waals surface area contributed by atoms with Crippen molar-refractivity contribution in [1.29, 1.82) is 0 Å². The predicted octanol–water partition coefficient (Wildman–Crippen LogP) is 4.06. The van der Waals surface area contributed by atoms with Crippen LogP contribution in [0.3, 0.4) is 0 Å². The number of ether oxygens (including phenoxy) is 1. The molecule has 1 atom stereocenters. The summed E-state index contributed by atoms with van der Waals surface area (Å²) in [6.45, 7) is 0.105. The van der Waals surface area contributed by atoms with E-state index in [1.54, 1.807) is 30.3 Å². The Kier molecular flexibility index (Phi) is 6.67. The van der Waals surface area contributed by atoms with Gasteiger partial charge in [0.2, 0.25) is 0 Å². The molecule has 6 nitrogen and oxygen atoms in total. The van der Waals surface area contributed by atoms with Gasteiger partial charge in [0.15, 0.2) is 6.61 Å². The fourth-order valence-corrected chi connectivity index (χ4v) is 4.63. The Bertz CT molecular complexity index is 857. The third kappa shape index (κ3) is 4.97. The molecule has 1 aliphatic rings. The highest BCUT2D eigenvalue weighted by Gasteiger charge is 2.36. The molecule has 0 saturated carbocycles. The van der Waals surface area contributed by atoms with E-state index < -0.39 is 24.5 Å². The quantitative estimate of drug-likeness (QED) is 0.609. The standard InChI is InChI=1S/C18H16Br2N2O4S/c19-11-5-6-13(12(20)9-11)21-16(23)10-26-18(25)14-3-1-7-22(14)17(24)15-4-2-8-27-15/h2,4-6,8-9,14H,1,3,7,10H2,(H,21,23). The van der Waals surface area contributed by atoms with Crippen molar-refractivity contribution in [3.63, 3.8) is 0 Å². The predicted molar refractivity (Wildman–Crippen MR) is 110 cm³/mol. The zero-order valence-electron chi connectivity index (χ0n) is 14.1. The van der Waals surface area contributed by atoms with Crippen LogP contribution in [0.4, 0.5) is 5.69 Å². The molecule has 1 aromatic heterocycles. The molecule has 1 unspecified atom stereocenters. The van der Waals surface area contributed by atoms with Crippen molar-refractivity contribution in [2.75, 3.05) is 18.5 Å². The second-order valence-corrected chi connectivity index (χ2v) is 8.63. The molecule has 9 heteroatoms. The SMILES string of the molecule is O=C(COC(=O)C1CCCN1C(=O)c1cccs1)Nc1ccc(Br)cc1Br. The lowest BCUT2D eigenvalue weighted by atomic mass is 10.2. The summed E-state index contributed by atoms with van der Waals surface area (Å²) in [4.78, 5) is 39.1. The lowest BCUT2D eigenvalue weighted by molar-refractivity contribution is -0.151. The zero-order valence-corrected chi connectivity index (χ0v) is 18.1. The van der Waals surface area contributed by atoms with E-state index in [2.05, 4.69) is 37.2 Å². The lowest BCUT2D eigenvalue weighted by Gasteiger charge is -2.22. The Labute approximate surface area is 177 Å². The number of nitrogens with zero attached hydrogens (tertiary/aromatic N) is 1. The van der Waals surface area contributed by atoms with Crippen LogP contribution in [-0.2, 0) is 14.3 Å². The molecule has 1 N–H and O–H groups in total. The minimum atomic E-state index is -0.646. The number of thiophene rings is 1. The maximum absolute atomic E-state index is 12.5. The molecule has 0 radical (unpaired) electrons. The Balaban J connectivity index is 1.55. The van der Waals surface area contributed by atoms with Crippen molar-refractivity contribution < 1.29 is 19.1 Å². The Morgan fingerprint density at radius 2 is 2.07 bits per heavy atom. The largest absolute Gasteiger partial charge is 0.454 e. The van der Waals surface area contributed by atoms with Crippen LogP contribution in [0.15, 0.2) is 44.7 Å². The Morgan fingerprint density at radius 3 is 2.78 bits per heavy atom. The highest BCUT2D eigenvalue weighted by Crippen LogP contribution is 2.26. The van der Waals surface area contributed by atoms with Gasteiger partial charge >= 0.3 is 5.97 Å². The number of hydrogen-bond donors (Lipinski definition) is 1. The maximum atomic E-state index is 12.5. The topological polar surface area (TPSA) is 75.7 Å². The van der Waals surface area contributed by atoms with Gasteiger partial charge in [-0.15, -0.1) is 11.3 Å². The van der Waals surface area contributed by atoms with Gasteiger partial charge in [-0.05, 0) is 58.4 Å². The number of hydrogen-bond acceptors (Lipinski definition) is 5. The molecule has 1 fully saturated rings. The molecule has 2 amide bonds. The van der Waals surface area contributed by atoms with Crippen LogP contribution in [0.25, 0.3) is 0 Å². The summed E-state index contributed by atoms with van der Waals surface area (Å²) in [5.41, 5.74) is 0.578. The summed E-state index contributed by atoms with van der Waals surface area (Å²) < 4.78 is 6.73. The van der Waals surface area contributed by atoms with E-state index in [0.717, 1.165) is 10.9 Å². The first kappa shape index (κ1) is 20.0. The number of likely N-dealkylation sites (tertiary alicyclic amines) is 1. The summed E-state index contributed by atoms with van der Waals surface area (Å²) in [5.74, 6) is -1.17. The van der Waals surface area contributed by atoms with E-state index >= 15 is 0 Å². The van der Waals surface area contributed by atoms with Crippen molar-refractivity contribution in [2.24, 2.45) is 0 Å². The summed E-state index contributed by atoms with van der Waals surface area (Å²) in [5, 5.41) is 4.50. The van der Waals surface area contributed by atoms with Crippen molar-refractivity contribution in [1.82, 2.24) is 4.90 Å². The molecule has 3 rings (SSSR count). The van der Waals surface area contributed by atoms with Crippen molar-refractivity contribution in [3.8, 4) is 0 Å². The lowest BCUT2D eigenvalue weighted by Crippen LogP contribution is -2.41. The van der Waals surface area contributed by atoms with Crippen LogP contribution in [0, 0.1) is 0 Å². The number of benzene rings is 1. The molecule has 0 bridgehead atoms. The number of nitrogens with one attached hydrogen (secondary N) is 1. The molecule has 0 spiro atoms.